The van der Waals surface area contributed by atoms with Crippen molar-refractivity contribution in [3.8, 4) is 0 Å². The molecule has 28 heavy (non-hydrogen) atoms. The van der Waals surface area contributed by atoms with Crippen LogP contribution in [-0.4, -0.2) is 31.7 Å². The summed E-state index contributed by atoms with van der Waals surface area (Å²) < 4.78 is 41.2. The van der Waals surface area contributed by atoms with E-state index in [1.165, 1.54) is 10.4 Å². The van der Waals surface area contributed by atoms with Crippen LogP contribution in [0.1, 0.15) is 48.1 Å². The van der Waals surface area contributed by atoms with Gasteiger partial charge in [0.05, 0.1) is 6.04 Å². The van der Waals surface area contributed by atoms with Crippen LogP contribution in [0.5, 0.6) is 0 Å². The number of carbonyl (C=O) groups is 1. The largest absolute Gasteiger partial charge is 0.345 e. The van der Waals surface area contributed by atoms with Gasteiger partial charge in [0.25, 0.3) is 5.91 Å². The van der Waals surface area contributed by atoms with Crippen molar-refractivity contribution < 1.29 is 17.6 Å². The van der Waals surface area contributed by atoms with Crippen LogP contribution in [0, 0.1) is 5.82 Å². The highest BCUT2D eigenvalue weighted by Gasteiger charge is 2.29. The van der Waals surface area contributed by atoms with Crippen molar-refractivity contribution in [3.05, 3.63) is 64.4 Å². The van der Waals surface area contributed by atoms with Gasteiger partial charge in [0, 0.05) is 23.7 Å². The number of hydrogen-bond acceptors (Lipinski definition) is 3. The Bertz CT molecular complexity index is 975. The predicted molar refractivity (Wildman–Crippen MR) is 106 cm³/mol. The monoisotopic (exact) mass is 424 g/mol. The molecule has 0 radical (unpaired) electrons. The molecule has 1 saturated heterocycles. The number of sulfonamides is 1. The molecule has 1 atom stereocenters. The lowest BCUT2D eigenvalue weighted by atomic mass is 10.1. The summed E-state index contributed by atoms with van der Waals surface area (Å²) >= 11 is 6.15. The molecule has 0 saturated carbocycles. The Morgan fingerprint density at radius 1 is 1.14 bits per heavy atom. The van der Waals surface area contributed by atoms with Crippen LogP contribution in [0.4, 0.5) is 4.39 Å². The molecule has 1 heterocycles. The average Bonchev–Trinajstić information content (AvgIpc) is 2.69. The number of nitrogens with one attached hydrogen (secondary N) is 1. The summed E-state index contributed by atoms with van der Waals surface area (Å²) in [5.41, 5.74) is 0.816. The highest BCUT2D eigenvalue weighted by atomic mass is 35.5. The Hall–Kier alpha value is -1.96. The van der Waals surface area contributed by atoms with Crippen LogP contribution in [0.15, 0.2) is 47.4 Å². The quantitative estimate of drug-likeness (QED) is 0.784. The average molecular weight is 425 g/mol. The molecule has 0 aromatic heterocycles. The number of amides is 1. The summed E-state index contributed by atoms with van der Waals surface area (Å²) in [6, 6.07) is 10.1. The first-order valence-corrected chi connectivity index (χ1v) is 11.0. The van der Waals surface area contributed by atoms with Gasteiger partial charge in [-0.25, -0.2) is 12.8 Å². The van der Waals surface area contributed by atoms with Gasteiger partial charge in [0.2, 0.25) is 10.0 Å². The van der Waals surface area contributed by atoms with E-state index in [-0.39, 0.29) is 5.56 Å². The van der Waals surface area contributed by atoms with Gasteiger partial charge in [-0.3, -0.25) is 4.79 Å². The molecule has 2 aromatic rings. The molecule has 0 aliphatic carbocycles. The third-order valence-corrected chi connectivity index (χ3v) is 7.10. The van der Waals surface area contributed by atoms with E-state index in [1.54, 1.807) is 25.1 Å². The number of hydrogen-bond donors (Lipinski definition) is 1. The zero-order chi connectivity index (χ0) is 20.3. The van der Waals surface area contributed by atoms with Crippen LogP contribution >= 0.6 is 11.6 Å². The Morgan fingerprint density at radius 3 is 2.50 bits per heavy atom. The number of halogens is 2. The molecular formula is C20H22ClFN2O3S. The molecule has 1 amide bonds. The Kier molecular flexibility index (Phi) is 6.37. The molecule has 1 fully saturated rings. The van der Waals surface area contributed by atoms with Gasteiger partial charge in [0.15, 0.2) is 0 Å². The van der Waals surface area contributed by atoms with Gasteiger partial charge in [-0.1, -0.05) is 36.2 Å². The van der Waals surface area contributed by atoms with Crippen molar-refractivity contribution in [1.29, 1.82) is 0 Å². The second-order valence-corrected chi connectivity index (χ2v) is 9.14. The van der Waals surface area contributed by atoms with Gasteiger partial charge >= 0.3 is 0 Å². The van der Waals surface area contributed by atoms with E-state index in [2.05, 4.69) is 5.32 Å². The standard InChI is InChI=1S/C20H22ClFN2O3S/c1-14(16-7-3-4-8-17(16)21)23-20(25)15-9-10-18(22)19(13-15)28(26,27)24-11-5-2-6-12-24/h3-4,7-10,13-14H,2,5-6,11-12H2,1H3,(H,23,25). The Labute approximate surface area is 169 Å². The van der Waals surface area contributed by atoms with Crippen molar-refractivity contribution >= 4 is 27.5 Å². The van der Waals surface area contributed by atoms with Crippen LogP contribution in [0.2, 0.25) is 5.02 Å². The maximum atomic E-state index is 14.3. The first kappa shape index (κ1) is 20.8. The van der Waals surface area contributed by atoms with Crippen LogP contribution in [-0.2, 0) is 10.0 Å². The van der Waals surface area contributed by atoms with E-state index in [1.807, 2.05) is 6.07 Å². The van der Waals surface area contributed by atoms with Crippen molar-refractivity contribution in [2.75, 3.05) is 13.1 Å². The van der Waals surface area contributed by atoms with Crippen molar-refractivity contribution in [2.45, 2.75) is 37.1 Å². The number of nitrogens with zero attached hydrogens (tertiary/aromatic N) is 1. The first-order valence-electron chi connectivity index (χ1n) is 9.15. The molecule has 0 spiro atoms. The third-order valence-electron chi connectivity index (χ3n) is 4.85. The highest BCUT2D eigenvalue weighted by molar-refractivity contribution is 7.89. The summed E-state index contributed by atoms with van der Waals surface area (Å²) in [6.07, 6.45) is 2.45. The highest BCUT2D eigenvalue weighted by Crippen LogP contribution is 2.25. The number of rotatable bonds is 5. The van der Waals surface area contributed by atoms with E-state index in [4.69, 9.17) is 11.6 Å². The van der Waals surface area contributed by atoms with Crippen LogP contribution in [0.3, 0.4) is 0 Å². The van der Waals surface area contributed by atoms with E-state index in [0.29, 0.717) is 18.1 Å². The molecule has 1 aliphatic heterocycles. The van der Waals surface area contributed by atoms with Gasteiger partial charge in [-0.05, 0) is 49.6 Å². The van der Waals surface area contributed by atoms with E-state index >= 15 is 0 Å². The maximum absolute atomic E-state index is 14.3. The molecule has 1 aliphatic rings. The molecule has 3 rings (SSSR count). The molecular weight excluding hydrogens is 403 g/mol. The minimum atomic E-state index is -3.98. The van der Waals surface area contributed by atoms with Gasteiger partial charge < -0.3 is 5.32 Å². The van der Waals surface area contributed by atoms with Crippen molar-refractivity contribution in [2.24, 2.45) is 0 Å². The fourth-order valence-electron chi connectivity index (χ4n) is 3.27. The molecule has 8 heteroatoms. The molecule has 2 aromatic carbocycles. The minimum absolute atomic E-state index is 0.0795. The number of benzene rings is 2. The Morgan fingerprint density at radius 2 is 1.82 bits per heavy atom. The smallest absolute Gasteiger partial charge is 0.251 e. The molecule has 150 valence electrons. The summed E-state index contributed by atoms with van der Waals surface area (Å²) in [5.74, 6) is -1.36. The Balaban J connectivity index is 1.84. The number of piperidine rings is 1. The SMILES string of the molecule is CC(NC(=O)c1ccc(F)c(S(=O)(=O)N2CCCCC2)c1)c1ccccc1Cl. The van der Waals surface area contributed by atoms with Crippen LogP contribution < -0.4 is 5.32 Å². The summed E-state index contributed by atoms with van der Waals surface area (Å²) in [6.45, 7) is 2.50. The predicted octanol–water partition coefficient (Wildman–Crippen LogP) is 4.14. The van der Waals surface area contributed by atoms with Crippen LogP contribution in [0.25, 0.3) is 0 Å². The van der Waals surface area contributed by atoms with E-state index < -0.39 is 32.7 Å². The normalized spacial score (nSPS) is 16.5. The fourth-order valence-corrected chi connectivity index (χ4v) is 5.18. The number of carbonyl (C=O) groups excluding carboxylic acids is 1. The lowest BCUT2D eigenvalue weighted by Crippen LogP contribution is -2.36. The molecule has 0 bridgehead atoms. The second kappa shape index (κ2) is 8.59. The minimum Gasteiger partial charge on any atom is -0.345 e. The molecule has 1 unspecified atom stereocenters. The molecule has 5 nitrogen and oxygen atoms in total. The first-order chi connectivity index (χ1) is 13.3. The van der Waals surface area contributed by atoms with Gasteiger partial charge in [-0.2, -0.15) is 4.31 Å². The summed E-state index contributed by atoms with van der Waals surface area (Å²) in [7, 11) is -3.98. The topological polar surface area (TPSA) is 66.5 Å². The van der Waals surface area contributed by atoms with Gasteiger partial charge in [0.1, 0.15) is 10.7 Å². The molecule has 1 N–H and O–H groups in total. The third kappa shape index (κ3) is 4.37. The second-order valence-electron chi connectivity index (χ2n) is 6.83. The van der Waals surface area contributed by atoms with Crippen molar-refractivity contribution in [1.82, 2.24) is 9.62 Å². The lowest BCUT2D eigenvalue weighted by Gasteiger charge is -2.26. The fraction of sp³-hybridized carbons (Fsp3) is 0.350. The van der Waals surface area contributed by atoms with Gasteiger partial charge in [-0.15, -0.1) is 0 Å². The van der Waals surface area contributed by atoms with Crippen molar-refractivity contribution in [3.63, 3.8) is 0 Å². The summed E-state index contributed by atoms with van der Waals surface area (Å²) in [4.78, 5) is 12.2. The van der Waals surface area contributed by atoms with E-state index in [0.717, 1.165) is 37.0 Å². The zero-order valence-corrected chi connectivity index (χ0v) is 17.1. The summed E-state index contributed by atoms with van der Waals surface area (Å²) in [5, 5.41) is 3.29. The lowest BCUT2D eigenvalue weighted by molar-refractivity contribution is 0.0939. The maximum Gasteiger partial charge on any atom is 0.251 e. The van der Waals surface area contributed by atoms with E-state index in [9.17, 15) is 17.6 Å². The zero-order valence-electron chi connectivity index (χ0n) is 15.5.